The Kier molecular flexibility index (Phi) is 4.57. The van der Waals surface area contributed by atoms with Crippen LogP contribution in [-0.2, 0) is 0 Å². The van der Waals surface area contributed by atoms with Gasteiger partial charge in [-0.25, -0.2) is 0 Å². The van der Waals surface area contributed by atoms with Crippen LogP contribution in [0.3, 0.4) is 0 Å². The standard InChI is InChI=1S/C15H23N2/c1-14-5-7-15(8-6-14)4-3-9-17-12-10-16(2)11-13-17/h4-8H,3,9-13H2,1-2H3. The van der Waals surface area contributed by atoms with E-state index in [1.54, 1.807) is 0 Å². The molecule has 0 amide bonds. The molecule has 0 atom stereocenters. The van der Waals surface area contributed by atoms with Gasteiger partial charge in [-0.3, -0.25) is 0 Å². The van der Waals surface area contributed by atoms with Crippen LogP contribution in [0, 0.1) is 13.3 Å². The monoisotopic (exact) mass is 231 g/mol. The average Bonchev–Trinajstić information content (AvgIpc) is 2.34. The molecule has 0 aliphatic carbocycles. The molecule has 1 aliphatic heterocycles. The van der Waals surface area contributed by atoms with Crippen LogP contribution in [0.1, 0.15) is 17.5 Å². The first-order valence-electron chi connectivity index (χ1n) is 6.55. The molecule has 0 N–H and O–H groups in total. The van der Waals surface area contributed by atoms with Gasteiger partial charge in [0.25, 0.3) is 0 Å². The molecule has 2 nitrogen and oxygen atoms in total. The Bertz CT molecular complexity index is 323. The molecule has 93 valence electrons. The van der Waals surface area contributed by atoms with Crippen molar-refractivity contribution in [2.75, 3.05) is 39.8 Å². The van der Waals surface area contributed by atoms with Gasteiger partial charge in [0.15, 0.2) is 0 Å². The van der Waals surface area contributed by atoms with Gasteiger partial charge in [0.1, 0.15) is 0 Å². The predicted molar refractivity (Wildman–Crippen MR) is 73.1 cm³/mol. The molecule has 1 saturated heterocycles. The topological polar surface area (TPSA) is 6.48 Å². The van der Waals surface area contributed by atoms with Crippen molar-refractivity contribution >= 4 is 0 Å². The fourth-order valence-electron chi connectivity index (χ4n) is 2.19. The van der Waals surface area contributed by atoms with Crippen molar-refractivity contribution in [3.63, 3.8) is 0 Å². The van der Waals surface area contributed by atoms with E-state index in [1.807, 2.05) is 0 Å². The van der Waals surface area contributed by atoms with Crippen molar-refractivity contribution in [3.8, 4) is 0 Å². The summed E-state index contributed by atoms with van der Waals surface area (Å²) in [6.07, 6.45) is 3.50. The van der Waals surface area contributed by atoms with Gasteiger partial charge in [-0.05, 0) is 38.9 Å². The maximum absolute atomic E-state index is 2.56. The Balaban J connectivity index is 1.67. The largest absolute Gasteiger partial charge is 0.304 e. The minimum atomic E-state index is 1.16. The van der Waals surface area contributed by atoms with E-state index in [0.717, 1.165) is 6.42 Å². The van der Waals surface area contributed by atoms with Gasteiger partial charge in [0, 0.05) is 26.2 Å². The molecule has 1 radical (unpaired) electrons. The first-order chi connectivity index (χ1) is 8.24. The van der Waals surface area contributed by atoms with Crippen LogP contribution < -0.4 is 0 Å². The van der Waals surface area contributed by atoms with E-state index >= 15 is 0 Å². The molecule has 0 saturated carbocycles. The molecule has 0 aromatic heterocycles. The van der Waals surface area contributed by atoms with Crippen molar-refractivity contribution in [1.82, 2.24) is 9.80 Å². The zero-order valence-electron chi connectivity index (χ0n) is 11.0. The smallest absolute Gasteiger partial charge is 0.0110 e. The third-order valence-corrected chi connectivity index (χ3v) is 3.50. The zero-order chi connectivity index (χ0) is 12.1. The van der Waals surface area contributed by atoms with Gasteiger partial charge < -0.3 is 9.80 Å². The van der Waals surface area contributed by atoms with Crippen LogP contribution >= 0.6 is 0 Å². The first kappa shape index (κ1) is 12.6. The van der Waals surface area contributed by atoms with E-state index in [9.17, 15) is 0 Å². The summed E-state index contributed by atoms with van der Waals surface area (Å²) in [5.41, 5.74) is 2.69. The molecule has 1 aromatic rings. The SMILES string of the molecule is Cc1ccc([CH]CCN2CCN(C)CC2)cc1. The maximum atomic E-state index is 2.56. The Morgan fingerprint density at radius 2 is 1.71 bits per heavy atom. The molecule has 0 unspecified atom stereocenters. The van der Waals surface area contributed by atoms with E-state index in [1.165, 1.54) is 43.9 Å². The highest BCUT2D eigenvalue weighted by Crippen LogP contribution is 2.09. The number of nitrogens with zero attached hydrogens (tertiary/aromatic N) is 2. The van der Waals surface area contributed by atoms with Gasteiger partial charge in [-0.2, -0.15) is 0 Å². The van der Waals surface area contributed by atoms with E-state index in [2.05, 4.69) is 54.5 Å². The van der Waals surface area contributed by atoms with Crippen molar-refractivity contribution in [2.24, 2.45) is 0 Å². The predicted octanol–water partition coefficient (Wildman–Crippen LogP) is 2.18. The summed E-state index contributed by atoms with van der Waals surface area (Å²) in [6.45, 7) is 8.20. The van der Waals surface area contributed by atoms with E-state index < -0.39 is 0 Å². The molecule has 2 rings (SSSR count). The van der Waals surface area contributed by atoms with Gasteiger partial charge in [-0.15, -0.1) is 0 Å². The van der Waals surface area contributed by atoms with Crippen LogP contribution in [0.4, 0.5) is 0 Å². The molecule has 1 fully saturated rings. The number of hydrogen-bond donors (Lipinski definition) is 0. The van der Waals surface area contributed by atoms with Crippen molar-refractivity contribution in [2.45, 2.75) is 13.3 Å². The number of benzene rings is 1. The van der Waals surface area contributed by atoms with Gasteiger partial charge >= 0.3 is 0 Å². The lowest BCUT2D eigenvalue weighted by atomic mass is 10.1. The van der Waals surface area contributed by atoms with Crippen molar-refractivity contribution < 1.29 is 0 Å². The first-order valence-corrected chi connectivity index (χ1v) is 6.55. The normalized spacial score (nSPS) is 18.5. The lowest BCUT2D eigenvalue weighted by Crippen LogP contribution is -2.44. The molecule has 17 heavy (non-hydrogen) atoms. The highest BCUT2D eigenvalue weighted by molar-refractivity contribution is 5.26. The van der Waals surface area contributed by atoms with Crippen LogP contribution in [-0.4, -0.2) is 49.6 Å². The zero-order valence-corrected chi connectivity index (χ0v) is 11.0. The number of rotatable bonds is 4. The summed E-state index contributed by atoms with van der Waals surface area (Å²) >= 11 is 0. The van der Waals surface area contributed by atoms with Gasteiger partial charge in [0.2, 0.25) is 0 Å². The Labute approximate surface area is 105 Å². The summed E-state index contributed by atoms with van der Waals surface area (Å²) in [5.74, 6) is 0. The maximum Gasteiger partial charge on any atom is 0.0110 e. The number of hydrogen-bond acceptors (Lipinski definition) is 2. The number of likely N-dealkylation sites (N-methyl/N-ethyl adjacent to an activating group) is 1. The third kappa shape index (κ3) is 4.14. The van der Waals surface area contributed by atoms with E-state index in [-0.39, 0.29) is 0 Å². The highest BCUT2D eigenvalue weighted by Gasteiger charge is 2.12. The molecule has 1 aromatic carbocycles. The van der Waals surface area contributed by atoms with Crippen molar-refractivity contribution in [3.05, 3.63) is 41.8 Å². The fraction of sp³-hybridized carbons (Fsp3) is 0.533. The van der Waals surface area contributed by atoms with Gasteiger partial charge in [0.05, 0.1) is 0 Å². The summed E-state index contributed by atoms with van der Waals surface area (Å²) in [6, 6.07) is 8.78. The number of piperazine rings is 1. The molecule has 0 bridgehead atoms. The molecule has 1 heterocycles. The minimum absolute atomic E-state index is 1.16. The number of aryl methyl sites for hydroxylation is 1. The van der Waals surface area contributed by atoms with Crippen LogP contribution in [0.5, 0.6) is 0 Å². The lowest BCUT2D eigenvalue weighted by Gasteiger charge is -2.32. The second-order valence-electron chi connectivity index (χ2n) is 5.05. The Morgan fingerprint density at radius 1 is 1.06 bits per heavy atom. The van der Waals surface area contributed by atoms with Crippen LogP contribution in [0.25, 0.3) is 0 Å². The van der Waals surface area contributed by atoms with Crippen molar-refractivity contribution in [1.29, 1.82) is 0 Å². The third-order valence-electron chi connectivity index (χ3n) is 3.50. The fourth-order valence-corrected chi connectivity index (χ4v) is 2.19. The Hall–Kier alpha value is -0.860. The second kappa shape index (κ2) is 6.18. The van der Waals surface area contributed by atoms with Crippen LogP contribution in [0.15, 0.2) is 24.3 Å². The minimum Gasteiger partial charge on any atom is -0.304 e. The molecule has 1 aliphatic rings. The highest BCUT2D eigenvalue weighted by atomic mass is 15.2. The molecule has 2 heteroatoms. The average molecular weight is 231 g/mol. The summed E-state index contributed by atoms with van der Waals surface area (Å²) in [7, 11) is 2.20. The van der Waals surface area contributed by atoms with Gasteiger partial charge in [-0.1, -0.05) is 29.8 Å². The summed E-state index contributed by atoms with van der Waals surface area (Å²) in [4.78, 5) is 4.96. The summed E-state index contributed by atoms with van der Waals surface area (Å²) in [5, 5.41) is 0. The van der Waals surface area contributed by atoms with Crippen LogP contribution in [0.2, 0.25) is 0 Å². The molecule has 0 spiro atoms. The van der Waals surface area contributed by atoms with E-state index in [0.29, 0.717) is 0 Å². The Morgan fingerprint density at radius 3 is 2.35 bits per heavy atom. The summed E-state index contributed by atoms with van der Waals surface area (Å²) < 4.78 is 0. The second-order valence-corrected chi connectivity index (χ2v) is 5.05. The van der Waals surface area contributed by atoms with E-state index in [4.69, 9.17) is 0 Å². The molecular formula is C15H23N2. The quantitative estimate of drug-likeness (QED) is 0.784. The molecular weight excluding hydrogens is 208 g/mol. The lowest BCUT2D eigenvalue weighted by molar-refractivity contribution is 0.155.